The minimum absolute atomic E-state index is 0.0127. The Morgan fingerprint density at radius 2 is 1.72 bits per heavy atom. The Morgan fingerprint density at radius 3 is 2.47 bits per heavy atom. The van der Waals surface area contributed by atoms with Gasteiger partial charge in [0.2, 0.25) is 5.88 Å². The predicted octanol–water partition coefficient (Wildman–Crippen LogP) is 6.00. The first-order chi connectivity index (χ1) is 15.4. The number of nitrogens with zero attached hydrogens (tertiary/aromatic N) is 1. The van der Waals surface area contributed by atoms with Crippen LogP contribution < -0.4 is 20.1 Å². The molecule has 0 atom stereocenters. The van der Waals surface area contributed by atoms with Crippen LogP contribution in [-0.4, -0.2) is 17.6 Å². The normalized spacial score (nSPS) is 11.0. The van der Waals surface area contributed by atoms with E-state index in [1.807, 2.05) is 13.0 Å². The molecular weight excluding hydrogens is 423 g/mol. The summed E-state index contributed by atoms with van der Waals surface area (Å²) in [6.45, 7) is 2.50. The second kappa shape index (κ2) is 10.5. The fraction of sp³-hybridized carbons (Fsp3) is 0.217. The predicted molar refractivity (Wildman–Crippen MR) is 114 cm³/mol. The quantitative estimate of drug-likeness (QED) is 0.446. The van der Waals surface area contributed by atoms with Crippen molar-refractivity contribution in [1.82, 2.24) is 10.3 Å². The molecular formula is C23H22F3N3O3. The molecule has 0 radical (unpaired) electrons. The summed E-state index contributed by atoms with van der Waals surface area (Å²) < 4.78 is 50.9. The second-order valence-corrected chi connectivity index (χ2v) is 6.72. The molecule has 6 nitrogen and oxygen atoms in total. The third-order valence-electron chi connectivity index (χ3n) is 4.29. The van der Waals surface area contributed by atoms with Gasteiger partial charge in [-0.15, -0.1) is 0 Å². The molecule has 0 fully saturated rings. The summed E-state index contributed by atoms with van der Waals surface area (Å²) in [5.41, 5.74) is -0.719. The van der Waals surface area contributed by atoms with Crippen molar-refractivity contribution in [3.63, 3.8) is 0 Å². The topological polar surface area (TPSA) is 72.5 Å². The fourth-order valence-corrected chi connectivity index (χ4v) is 2.80. The van der Waals surface area contributed by atoms with Crippen molar-refractivity contribution in [3.05, 3.63) is 78.0 Å². The number of carbonyl (C=O) groups is 1. The fourth-order valence-electron chi connectivity index (χ4n) is 2.80. The van der Waals surface area contributed by atoms with Crippen LogP contribution in [0.2, 0.25) is 0 Å². The summed E-state index contributed by atoms with van der Waals surface area (Å²) in [5.74, 6) is 1.26. The molecule has 0 aliphatic carbocycles. The lowest BCUT2D eigenvalue weighted by Gasteiger charge is -2.15. The highest BCUT2D eigenvalue weighted by Crippen LogP contribution is 2.35. The van der Waals surface area contributed by atoms with Crippen molar-refractivity contribution in [2.24, 2.45) is 0 Å². The number of aromatic nitrogens is 1. The molecule has 0 bridgehead atoms. The third-order valence-corrected chi connectivity index (χ3v) is 4.29. The molecule has 1 heterocycles. The standard InChI is InChI=1S/C23H22F3N3O3/c1-2-14-31-19-11-5-6-12-20(19)32-21-16(8-7-13-27-21)15-28-22(30)29-18-10-4-3-9-17(18)23(24,25)26/h3-13H,2,14-15H2,1H3,(H2,28,29,30). The average molecular weight is 445 g/mol. The van der Waals surface area contributed by atoms with E-state index in [0.717, 1.165) is 12.5 Å². The number of carbonyl (C=O) groups excluding carboxylic acids is 1. The van der Waals surface area contributed by atoms with E-state index in [9.17, 15) is 18.0 Å². The van der Waals surface area contributed by atoms with Crippen LogP contribution in [0.1, 0.15) is 24.5 Å². The second-order valence-electron chi connectivity index (χ2n) is 6.72. The van der Waals surface area contributed by atoms with Gasteiger partial charge in [-0.1, -0.05) is 37.3 Å². The largest absolute Gasteiger partial charge is 0.490 e. The van der Waals surface area contributed by atoms with E-state index < -0.39 is 17.8 Å². The van der Waals surface area contributed by atoms with Crippen molar-refractivity contribution in [3.8, 4) is 17.4 Å². The van der Waals surface area contributed by atoms with Gasteiger partial charge in [-0.2, -0.15) is 13.2 Å². The number of ether oxygens (including phenoxy) is 2. The molecule has 168 valence electrons. The van der Waals surface area contributed by atoms with Crippen molar-refractivity contribution in [2.45, 2.75) is 26.1 Å². The first-order valence-corrected chi connectivity index (χ1v) is 9.93. The highest BCUT2D eigenvalue weighted by Gasteiger charge is 2.33. The zero-order valence-electron chi connectivity index (χ0n) is 17.3. The highest BCUT2D eigenvalue weighted by molar-refractivity contribution is 5.90. The van der Waals surface area contributed by atoms with Crippen molar-refractivity contribution in [1.29, 1.82) is 0 Å². The molecule has 0 aliphatic rings. The van der Waals surface area contributed by atoms with Gasteiger partial charge in [0, 0.05) is 18.3 Å². The van der Waals surface area contributed by atoms with E-state index in [2.05, 4.69) is 15.6 Å². The van der Waals surface area contributed by atoms with Crippen LogP contribution in [0.3, 0.4) is 0 Å². The van der Waals surface area contributed by atoms with E-state index in [-0.39, 0.29) is 18.1 Å². The molecule has 0 aliphatic heterocycles. The molecule has 9 heteroatoms. The molecule has 3 aromatic rings. The maximum Gasteiger partial charge on any atom is 0.418 e. The Labute approximate surface area is 183 Å². The van der Waals surface area contributed by atoms with Gasteiger partial charge in [-0.25, -0.2) is 9.78 Å². The Balaban J connectivity index is 1.69. The molecule has 2 N–H and O–H groups in total. The molecule has 0 unspecified atom stereocenters. The van der Waals surface area contributed by atoms with Gasteiger partial charge in [-0.3, -0.25) is 0 Å². The zero-order valence-corrected chi connectivity index (χ0v) is 17.3. The first kappa shape index (κ1) is 22.9. The lowest BCUT2D eigenvalue weighted by Crippen LogP contribution is -2.29. The van der Waals surface area contributed by atoms with Gasteiger partial charge in [0.1, 0.15) is 0 Å². The Kier molecular flexibility index (Phi) is 7.54. The lowest BCUT2D eigenvalue weighted by molar-refractivity contribution is -0.136. The van der Waals surface area contributed by atoms with E-state index >= 15 is 0 Å². The zero-order chi connectivity index (χ0) is 23.0. The summed E-state index contributed by atoms with van der Waals surface area (Å²) >= 11 is 0. The number of amides is 2. The first-order valence-electron chi connectivity index (χ1n) is 9.93. The maximum atomic E-state index is 13.1. The summed E-state index contributed by atoms with van der Waals surface area (Å²) in [6, 6.07) is 14.5. The Hall–Kier alpha value is -3.75. The van der Waals surface area contributed by atoms with Crippen LogP contribution in [0.25, 0.3) is 0 Å². The molecule has 2 amide bonds. The number of pyridine rings is 1. The maximum absolute atomic E-state index is 13.1. The van der Waals surface area contributed by atoms with Crippen LogP contribution in [0.4, 0.5) is 23.7 Å². The summed E-state index contributed by atoms with van der Waals surface area (Å²) in [6.07, 6.45) is -2.21. The van der Waals surface area contributed by atoms with Gasteiger partial charge in [0.05, 0.1) is 17.9 Å². The number of halogens is 3. The number of para-hydroxylation sites is 3. The number of benzene rings is 2. The van der Waals surface area contributed by atoms with Gasteiger partial charge in [-0.05, 0) is 36.8 Å². The van der Waals surface area contributed by atoms with Crippen LogP contribution in [-0.2, 0) is 12.7 Å². The van der Waals surface area contributed by atoms with Gasteiger partial charge >= 0.3 is 12.2 Å². The van der Waals surface area contributed by atoms with Gasteiger partial charge in [0.15, 0.2) is 11.5 Å². The minimum atomic E-state index is -4.58. The molecule has 1 aromatic heterocycles. The van der Waals surface area contributed by atoms with E-state index in [1.165, 1.54) is 24.4 Å². The Bertz CT molecular complexity index is 1060. The molecule has 0 saturated heterocycles. The molecule has 0 spiro atoms. The minimum Gasteiger partial charge on any atom is -0.490 e. The summed E-state index contributed by atoms with van der Waals surface area (Å²) in [7, 11) is 0. The smallest absolute Gasteiger partial charge is 0.418 e. The number of anilines is 1. The lowest BCUT2D eigenvalue weighted by atomic mass is 10.1. The summed E-state index contributed by atoms with van der Waals surface area (Å²) in [5, 5.41) is 4.77. The van der Waals surface area contributed by atoms with E-state index in [4.69, 9.17) is 9.47 Å². The summed E-state index contributed by atoms with van der Waals surface area (Å²) in [4.78, 5) is 16.4. The van der Waals surface area contributed by atoms with Gasteiger partial charge < -0.3 is 20.1 Å². The van der Waals surface area contributed by atoms with Gasteiger partial charge in [0.25, 0.3) is 0 Å². The van der Waals surface area contributed by atoms with Crippen LogP contribution in [0, 0.1) is 0 Å². The number of nitrogens with one attached hydrogen (secondary N) is 2. The number of urea groups is 1. The van der Waals surface area contributed by atoms with Crippen LogP contribution >= 0.6 is 0 Å². The molecule has 2 aromatic carbocycles. The molecule has 3 rings (SSSR count). The van der Waals surface area contributed by atoms with Crippen LogP contribution in [0.15, 0.2) is 66.9 Å². The van der Waals surface area contributed by atoms with Crippen molar-refractivity contribution >= 4 is 11.7 Å². The SMILES string of the molecule is CCCOc1ccccc1Oc1ncccc1CNC(=O)Nc1ccccc1C(F)(F)F. The monoisotopic (exact) mass is 445 g/mol. The number of hydrogen-bond donors (Lipinski definition) is 2. The molecule has 0 saturated carbocycles. The third kappa shape index (κ3) is 6.13. The molecule has 32 heavy (non-hydrogen) atoms. The van der Waals surface area contributed by atoms with Crippen LogP contribution in [0.5, 0.6) is 17.4 Å². The van der Waals surface area contributed by atoms with Crippen molar-refractivity contribution < 1.29 is 27.4 Å². The average Bonchev–Trinajstić information content (AvgIpc) is 2.77. The number of alkyl halides is 3. The number of rotatable bonds is 8. The Morgan fingerprint density at radius 1 is 1.00 bits per heavy atom. The number of hydrogen-bond acceptors (Lipinski definition) is 4. The van der Waals surface area contributed by atoms with E-state index in [1.54, 1.807) is 30.3 Å². The van der Waals surface area contributed by atoms with E-state index in [0.29, 0.717) is 23.7 Å². The van der Waals surface area contributed by atoms with Crippen molar-refractivity contribution in [2.75, 3.05) is 11.9 Å². The highest BCUT2D eigenvalue weighted by atomic mass is 19.4.